The third kappa shape index (κ3) is 5.10. The Morgan fingerprint density at radius 2 is 2.00 bits per heavy atom. The third-order valence-electron chi connectivity index (χ3n) is 5.55. The van der Waals surface area contributed by atoms with E-state index in [9.17, 15) is 0 Å². The quantitative estimate of drug-likeness (QED) is 0.623. The molecular formula is C20H34N6. The fraction of sp³-hybridized carbons (Fsp3) is 0.700. The van der Waals surface area contributed by atoms with Crippen LogP contribution in [0.4, 0.5) is 5.82 Å². The number of anilines is 1. The largest absolute Gasteiger partial charge is 0.357 e. The van der Waals surface area contributed by atoms with Gasteiger partial charge >= 0.3 is 0 Å². The predicted octanol–water partition coefficient (Wildman–Crippen LogP) is 2.04. The summed E-state index contributed by atoms with van der Waals surface area (Å²) in [4.78, 5) is 16.6. The van der Waals surface area contributed by atoms with E-state index < -0.39 is 0 Å². The number of hydrogen-bond acceptors (Lipinski definition) is 4. The molecule has 0 aromatic carbocycles. The Morgan fingerprint density at radius 1 is 1.23 bits per heavy atom. The first-order valence-corrected chi connectivity index (χ1v) is 10.2. The molecule has 1 N–H and O–H groups in total. The zero-order chi connectivity index (χ0) is 18.2. The summed E-state index contributed by atoms with van der Waals surface area (Å²) in [5.74, 6) is 2.14. The number of aromatic nitrogens is 1. The highest BCUT2D eigenvalue weighted by molar-refractivity contribution is 5.80. The van der Waals surface area contributed by atoms with Gasteiger partial charge in [-0.15, -0.1) is 0 Å². The molecule has 3 rings (SSSR count). The fourth-order valence-electron chi connectivity index (χ4n) is 3.96. The first-order chi connectivity index (χ1) is 12.8. The van der Waals surface area contributed by atoms with Crippen LogP contribution in [0.3, 0.4) is 0 Å². The van der Waals surface area contributed by atoms with Gasteiger partial charge in [-0.25, -0.2) is 4.98 Å². The van der Waals surface area contributed by atoms with E-state index in [-0.39, 0.29) is 0 Å². The van der Waals surface area contributed by atoms with Crippen molar-refractivity contribution in [3.63, 3.8) is 0 Å². The molecule has 2 fully saturated rings. The van der Waals surface area contributed by atoms with Crippen LogP contribution in [0, 0.1) is 0 Å². The predicted molar refractivity (Wildman–Crippen MR) is 109 cm³/mol. The molecule has 0 radical (unpaired) electrons. The molecule has 1 saturated heterocycles. The highest BCUT2D eigenvalue weighted by Gasteiger charge is 2.21. The van der Waals surface area contributed by atoms with Crippen molar-refractivity contribution in [1.29, 1.82) is 0 Å². The van der Waals surface area contributed by atoms with Crippen LogP contribution in [0.15, 0.2) is 29.4 Å². The lowest BCUT2D eigenvalue weighted by Crippen LogP contribution is -2.53. The van der Waals surface area contributed by atoms with Gasteiger partial charge in [0.25, 0.3) is 0 Å². The monoisotopic (exact) mass is 358 g/mol. The smallest absolute Gasteiger partial charge is 0.194 e. The van der Waals surface area contributed by atoms with Gasteiger partial charge in [-0.3, -0.25) is 4.99 Å². The van der Waals surface area contributed by atoms with Crippen LogP contribution in [-0.4, -0.2) is 79.6 Å². The van der Waals surface area contributed by atoms with Crippen molar-refractivity contribution in [3.8, 4) is 0 Å². The molecule has 1 aliphatic carbocycles. The summed E-state index contributed by atoms with van der Waals surface area (Å²) in [5, 5.41) is 3.47. The van der Waals surface area contributed by atoms with Crippen molar-refractivity contribution in [1.82, 2.24) is 20.1 Å². The van der Waals surface area contributed by atoms with Crippen molar-refractivity contribution < 1.29 is 0 Å². The van der Waals surface area contributed by atoms with E-state index in [1.165, 1.54) is 25.7 Å². The van der Waals surface area contributed by atoms with E-state index in [1.807, 2.05) is 12.3 Å². The average Bonchev–Trinajstić information content (AvgIpc) is 3.23. The SMILES string of the molecule is CCNC(=NCCN(C)C1CCCC1)N1CCN(c2ccccn2)CC1. The maximum atomic E-state index is 4.90. The highest BCUT2D eigenvalue weighted by atomic mass is 15.4. The molecule has 26 heavy (non-hydrogen) atoms. The van der Waals surface area contributed by atoms with Crippen LogP contribution < -0.4 is 10.2 Å². The van der Waals surface area contributed by atoms with Gasteiger partial charge in [-0.2, -0.15) is 0 Å². The Labute approximate surface area is 158 Å². The lowest BCUT2D eigenvalue weighted by molar-refractivity contribution is 0.252. The summed E-state index contributed by atoms with van der Waals surface area (Å²) in [6, 6.07) is 6.89. The maximum absolute atomic E-state index is 4.90. The lowest BCUT2D eigenvalue weighted by Gasteiger charge is -2.37. The molecule has 0 unspecified atom stereocenters. The number of hydrogen-bond donors (Lipinski definition) is 1. The van der Waals surface area contributed by atoms with Gasteiger partial charge in [0, 0.05) is 51.5 Å². The fourth-order valence-corrected chi connectivity index (χ4v) is 3.96. The van der Waals surface area contributed by atoms with Gasteiger partial charge in [0.15, 0.2) is 5.96 Å². The molecule has 0 atom stereocenters. The molecule has 1 aromatic heterocycles. The third-order valence-corrected chi connectivity index (χ3v) is 5.55. The van der Waals surface area contributed by atoms with Crippen LogP contribution in [0.2, 0.25) is 0 Å². The number of likely N-dealkylation sites (N-methyl/N-ethyl adjacent to an activating group) is 1. The molecule has 2 aliphatic rings. The van der Waals surface area contributed by atoms with Crippen molar-refractivity contribution in [3.05, 3.63) is 24.4 Å². The summed E-state index contributed by atoms with van der Waals surface area (Å²) in [6.07, 6.45) is 7.36. The molecule has 1 aliphatic heterocycles. The topological polar surface area (TPSA) is 47.0 Å². The molecule has 144 valence electrons. The molecule has 1 saturated carbocycles. The summed E-state index contributed by atoms with van der Waals surface area (Å²) < 4.78 is 0. The Balaban J connectivity index is 1.49. The summed E-state index contributed by atoms with van der Waals surface area (Å²) in [5.41, 5.74) is 0. The molecule has 2 heterocycles. The number of nitrogens with one attached hydrogen (secondary N) is 1. The zero-order valence-electron chi connectivity index (χ0n) is 16.4. The zero-order valence-corrected chi connectivity index (χ0v) is 16.4. The summed E-state index contributed by atoms with van der Waals surface area (Å²) in [6.45, 7) is 8.93. The normalized spacial score (nSPS) is 19.4. The number of piperazine rings is 1. The molecule has 6 heteroatoms. The van der Waals surface area contributed by atoms with Crippen molar-refractivity contribution >= 4 is 11.8 Å². The minimum atomic E-state index is 0.773. The summed E-state index contributed by atoms with van der Waals surface area (Å²) >= 11 is 0. The standard InChI is InChI=1S/C20H34N6/c1-3-21-20(23-12-13-24(2)18-8-4-5-9-18)26-16-14-25(15-17-26)19-10-6-7-11-22-19/h6-7,10-11,18H,3-5,8-9,12-17H2,1-2H3,(H,21,23). The van der Waals surface area contributed by atoms with Gasteiger partial charge in [0.1, 0.15) is 5.82 Å². The minimum Gasteiger partial charge on any atom is -0.357 e. The van der Waals surface area contributed by atoms with Crippen molar-refractivity contribution in [2.75, 3.05) is 57.8 Å². The Hall–Kier alpha value is -1.82. The lowest BCUT2D eigenvalue weighted by atomic mass is 10.2. The second kappa shape index (κ2) is 9.76. The van der Waals surface area contributed by atoms with Gasteiger partial charge in [-0.1, -0.05) is 18.9 Å². The average molecular weight is 359 g/mol. The Bertz CT molecular complexity index is 547. The van der Waals surface area contributed by atoms with Crippen LogP contribution in [-0.2, 0) is 0 Å². The van der Waals surface area contributed by atoms with Gasteiger partial charge in [-0.05, 0) is 38.9 Å². The first kappa shape index (κ1) is 19.0. The minimum absolute atomic E-state index is 0.773. The van der Waals surface area contributed by atoms with Crippen LogP contribution >= 0.6 is 0 Å². The molecule has 1 aromatic rings. The van der Waals surface area contributed by atoms with Crippen molar-refractivity contribution in [2.24, 2.45) is 4.99 Å². The molecule has 0 bridgehead atoms. The highest BCUT2D eigenvalue weighted by Crippen LogP contribution is 2.22. The second-order valence-corrected chi connectivity index (χ2v) is 7.32. The van der Waals surface area contributed by atoms with Crippen LogP contribution in [0.25, 0.3) is 0 Å². The Morgan fingerprint density at radius 3 is 2.65 bits per heavy atom. The second-order valence-electron chi connectivity index (χ2n) is 7.32. The van der Waals surface area contributed by atoms with Crippen molar-refractivity contribution in [2.45, 2.75) is 38.6 Å². The van der Waals surface area contributed by atoms with Gasteiger partial charge in [0.05, 0.1) is 6.54 Å². The molecule has 0 amide bonds. The first-order valence-electron chi connectivity index (χ1n) is 10.2. The number of pyridine rings is 1. The van der Waals surface area contributed by atoms with E-state index in [0.29, 0.717) is 0 Å². The van der Waals surface area contributed by atoms with Crippen LogP contribution in [0.1, 0.15) is 32.6 Å². The van der Waals surface area contributed by atoms with E-state index in [4.69, 9.17) is 4.99 Å². The van der Waals surface area contributed by atoms with E-state index in [0.717, 1.165) is 63.6 Å². The molecular weight excluding hydrogens is 324 g/mol. The molecule has 0 spiro atoms. The number of guanidine groups is 1. The van der Waals surface area contributed by atoms with E-state index in [2.05, 4.69) is 51.1 Å². The number of nitrogens with zero attached hydrogens (tertiary/aromatic N) is 5. The Kier molecular flexibility index (Phi) is 7.12. The van der Waals surface area contributed by atoms with E-state index >= 15 is 0 Å². The van der Waals surface area contributed by atoms with E-state index in [1.54, 1.807) is 0 Å². The summed E-state index contributed by atoms with van der Waals surface area (Å²) in [7, 11) is 2.25. The number of aliphatic imine (C=N–C) groups is 1. The van der Waals surface area contributed by atoms with Gasteiger partial charge < -0.3 is 20.0 Å². The maximum Gasteiger partial charge on any atom is 0.194 e. The number of rotatable bonds is 6. The van der Waals surface area contributed by atoms with Crippen LogP contribution in [0.5, 0.6) is 0 Å². The molecule has 6 nitrogen and oxygen atoms in total. The van der Waals surface area contributed by atoms with Gasteiger partial charge in [0.2, 0.25) is 0 Å².